The van der Waals surface area contributed by atoms with Gasteiger partial charge in [-0.2, -0.15) is 0 Å². The van der Waals surface area contributed by atoms with E-state index < -0.39 is 0 Å². The Bertz CT molecular complexity index is 635. The van der Waals surface area contributed by atoms with Crippen LogP contribution in [0.2, 0.25) is 0 Å². The maximum atomic E-state index is 12.7. The summed E-state index contributed by atoms with van der Waals surface area (Å²) in [4.78, 5) is 19.3. The van der Waals surface area contributed by atoms with Crippen LogP contribution in [0, 0.1) is 11.8 Å². The van der Waals surface area contributed by atoms with E-state index in [-0.39, 0.29) is 5.91 Å². The maximum Gasteiger partial charge on any atom is 0.236 e. The number of amides is 1. The molecule has 5 nitrogen and oxygen atoms in total. The zero-order valence-corrected chi connectivity index (χ0v) is 18.1. The van der Waals surface area contributed by atoms with Crippen molar-refractivity contribution in [2.75, 3.05) is 52.4 Å². The summed E-state index contributed by atoms with van der Waals surface area (Å²) in [5.41, 5.74) is 1.32. The molecule has 1 aromatic rings. The van der Waals surface area contributed by atoms with Gasteiger partial charge in [-0.25, -0.2) is 0 Å². The third-order valence-corrected chi connectivity index (χ3v) is 6.18. The van der Waals surface area contributed by atoms with E-state index in [1.165, 1.54) is 12.0 Å². The predicted octanol–water partition coefficient (Wildman–Crippen LogP) is 2.23. The standard InChI is InChI=1S/C22H34N4OS/c1-18-14-19(2)16-26(15-18)21(27)17-24-10-12-25(13-11-24)22(28)23-9-8-20-6-4-3-5-7-20/h3-7,18-19H,8-17H2,1-2H3,(H,23,28)/t18-,19-/m0/s1. The molecule has 154 valence electrons. The first kappa shape index (κ1) is 21.1. The molecule has 1 aromatic carbocycles. The summed E-state index contributed by atoms with van der Waals surface area (Å²) in [5.74, 6) is 1.52. The Hall–Kier alpha value is -1.66. The van der Waals surface area contributed by atoms with E-state index in [0.717, 1.165) is 57.3 Å². The van der Waals surface area contributed by atoms with Crippen molar-refractivity contribution in [3.63, 3.8) is 0 Å². The lowest BCUT2D eigenvalue weighted by Gasteiger charge is -2.39. The normalized spacial score (nSPS) is 23.5. The van der Waals surface area contributed by atoms with Gasteiger partial charge >= 0.3 is 0 Å². The van der Waals surface area contributed by atoms with Crippen molar-refractivity contribution in [1.82, 2.24) is 20.0 Å². The number of thiocarbonyl (C=S) groups is 1. The second-order valence-electron chi connectivity index (χ2n) is 8.48. The van der Waals surface area contributed by atoms with Gasteiger partial charge in [-0.15, -0.1) is 0 Å². The van der Waals surface area contributed by atoms with Gasteiger partial charge in [-0.1, -0.05) is 44.2 Å². The number of likely N-dealkylation sites (tertiary alicyclic amines) is 1. The van der Waals surface area contributed by atoms with E-state index in [0.29, 0.717) is 18.4 Å². The van der Waals surface area contributed by atoms with Gasteiger partial charge in [0.25, 0.3) is 0 Å². The summed E-state index contributed by atoms with van der Waals surface area (Å²) < 4.78 is 0. The average Bonchev–Trinajstić information content (AvgIpc) is 2.68. The van der Waals surface area contributed by atoms with E-state index in [2.05, 4.69) is 58.1 Å². The number of piperazine rings is 1. The Morgan fingerprint density at radius 2 is 1.68 bits per heavy atom. The molecule has 2 atom stereocenters. The highest BCUT2D eigenvalue weighted by molar-refractivity contribution is 7.80. The second kappa shape index (κ2) is 10.2. The fourth-order valence-electron chi connectivity index (χ4n) is 4.34. The van der Waals surface area contributed by atoms with E-state index in [9.17, 15) is 4.79 Å². The highest BCUT2D eigenvalue weighted by atomic mass is 32.1. The van der Waals surface area contributed by atoms with E-state index in [4.69, 9.17) is 12.2 Å². The van der Waals surface area contributed by atoms with Gasteiger partial charge in [0.05, 0.1) is 6.54 Å². The molecule has 0 unspecified atom stereocenters. The lowest BCUT2D eigenvalue weighted by molar-refractivity contribution is -0.135. The highest BCUT2D eigenvalue weighted by Gasteiger charge is 2.27. The van der Waals surface area contributed by atoms with Crippen molar-refractivity contribution in [3.8, 4) is 0 Å². The van der Waals surface area contributed by atoms with Gasteiger partial charge in [0.1, 0.15) is 0 Å². The van der Waals surface area contributed by atoms with Gasteiger partial charge in [0.2, 0.25) is 5.91 Å². The number of nitrogens with zero attached hydrogens (tertiary/aromatic N) is 3. The van der Waals surface area contributed by atoms with Crippen LogP contribution in [0.5, 0.6) is 0 Å². The van der Waals surface area contributed by atoms with E-state index in [1.54, 1.807) is 0 Å². The predicted molar refractivity (Wildman–Crippen MR) is 118 cm³/mol. The van der Waals surface area contributed by atoms with Crippen molar-refractivity contribution in [3.05, 3.63) is 35.9 Å². The minimum atomic E-state index is 0.287. The van der Waals surface area contributed by atoms with Crippen LogP contribution < -0.4 is 5.32 Å². The second-order valence-corrected chi connectivity index (χ2v) is 8.86. The number of piperidine rings is 1. The first-order valence-electron chi connectivity index (χ1n) is 10.6. The van der Waals surface area contributed by atoms with Crippen LogP contribution in [-0.2, 0) is 11.2 Å². The number of carbonyl (C=O) groups is 1. The Balaban J connectivity index is 1.35. The van der Waals surface area contributed by atoms with Gasteiger partial charge in [-0.3, -0.25) is 9.69 Å². The number of carbonyl (C=O) groups excluding carboxylic acids is 1. The molecule has 0 bridgehead atoms. The largest absolute Gasteiger partial charge is 0.362 e. The van der Waals surface area contributed by atoms with Gasteiger partial charge in [0.15, 0.2) is 5.11 Å². The van der Waals surface area contributed by atoms with Crippen LogP contribution >= 0.6 is 12.2 Å². The molecular formula is C22H34N4OS. The van der Waals surface area contributed by atoms with Crippen LogP contribution in [0.3, 0.4) is 0 Å². The lowest BCUT2D eigenvalue weighted by Crippen LogP contribution is -2.54. The Kier molecular flexibility index (Phi) is 7.68. The fraction of sp³-hybridized carbons (Fsp3) is 0.636. The zero-order valence-electron chi connectivity index (χ0n) is 17.3. The molecule has 3 rings (SSSR count). The smallest absolute Gasteiger partial charge is 0.236 e. The molecular weight excluding hydrogens is 368 g/mol. The number of hydrogen-bond acceptors (Lipinski definition) is 3. The van der Waals surface area contributed by atoms with Crippen LogP contribution in [0.15, 0.2) is 30.3 Å². The number of hydrogen-bond donors (Lipinski definition) is 1. The third-order valence-electron chi connectivity index (χ3n) is 5.77. The summed E-state index contributed by atoms with van der Waals surface area (Å²) in [6.07, 6.45) is 2.21. The molecule has 0 saturated carbocycles. The Labute approximate surface area is 175 Å². The molecule has 2 aliphatic heterocycles. The van der Waals surface area contributed by atoms with Gasteiger partial charge in [-0.05, 0) is 42.5 Å². The van der Waals surface area contributed by atoms with Crippen LogP contribution in [0.4, 0.5) is 0 Å². The zero-order chi connectivity index (χ0) is 19.9. The fourth-order valence-corrected chi connectivity index (χ4v) is 4.62. The maximum absolute atomic E-state index is 12.7. The molecule has 6 heteroatoms. The topological polar surface area (TPSA) is 38.8 Å². The van der Waals surface area contributed by atoms with Crippen molar-refractivity contribution >= 4 is 23.2 Å². The molecule has 0 aromatic heterocycles. The minimum Gasteiger partial charge on any atom is -0.362 e. The molecule has 28 heavy (non-hydrogen) atoms. The molecule has 0 radical (unpaired) electrons. The summed E-state index contributed by atoms with van der Waals surface area (Å²) in [6, 6.07) is 10.5. The highest BCUT2D eigenvalue weighted by Crippen LogP contribution is 2.21. The quantitative estimate of drug-likeness (QED) is 0.765. The monoisotopic (exact) mass is 402 g/mol. The molecule has 1 amide bonds. The SMILES string of the molecule is C[C@H]1C[C@H](C)CN(C(=O)CN2CCN(C(=S)NCCc3ccccc3)CC2)C1. The number of nitrogens with one attached hydrogen (secondary N) is 1. The molecule has 0 spiro atoms. The van der Waals surface area contributed by atoms with E-state index in [1.807, 2.05) is 6.07 Å². The Morgan fingerprint density at radius 3 is 2.32 bits per heavy atom. The summed E-state index contributed by atoms with van der Waals surface area (Å²) in [5, 5.41) is 4.22. The Morgan fingerprint density at radius 1 is 1.04 bits per heavy atom. The van der Waals surface area contributed by atoms with Crippen molar-refractivity contribution < 1.29 is 4.79 Å². The van der Waals surface area contributed by atoms with Gasteiger partial charge < -0.3 is 15.1 Å². The first-order valence-corrected chi connectivity index (χ1v) is 11.0. The van der Waals surface area contributed by atoms with Crippen molar-refractivity contribution in [2.24, 2.45) is 11.8 Å². The lowest BCUT2D eigenvalue weighted by atomic mass is 9.92. The molecule has 0 aliphatic carbocycles. The molecule has 2 heterocycles. The van der Waals surface area contributed by atoms with Crippen LogP contribution in [0.1, 0.15) is 25.8 Å². The molecule has 2 fully saturated rings. The number of rotatable bonds is 5. The van der Waals surface area contributed by atoms with E-state index >= 15 is 0 Å². The molecule has 2 aliphatic rings. The summed E-state index contributed by atoms with van der Waals surface area (Å²) in [6.45, 7) is 11.3. The third kappa shape index (κ3) is 6.17. The molecule has 2 saturated heterocycles. The molecule has 1 N–H and O–H groups in total. The first-order chi connectivity index (χ1) is 13.5. The summed E-state index contributed by atoms with van der Waals surface area (Å²) >= 11 is 5.57. The van der Waals surface area contributed by atoms with Crippen LogP contribution in [-0.4, -0.2) is 78.1 Å². The average molecular weight is 403 g/mol. The van der Waals surface area contributed by atoms with Gasteiger partial charge in [0, 0.05) is 45.8 Å². The van der Waals surface area contributed by atoms with Crippen molar-refractivity contribution in [1.29, 1.82) is 0 Å². The van der Waals surface area contributed by atoms with Crippen LogP contribution in [0.25, 0.3) is 0 Å². The minimum absolute atomic E-state index is 0.287. The summed E-state index contributed by atoms with van der Waals surface area (Å²) in [7, 11) is 0. The number of benzene rings is 1. The van der Waals surface area contributed by atoms with Crippen molar-refractivity contribution in [2.45, 2.75) is 26.7 Å².